The van der Waals surface area contributed by atoms with Crippen LogP contribution in [-0.4, -0.2) is 50.0 Å². The molecule has 216 valence electrons. The van der Waals surface area contributed by atoms with Gasteiger partial charge < -0.3 is 4.74 Å². The van der Waals surface area contributed by atoms with E-state index in [1.807, 2.05) is 0 Å². The van der Waals surface area contributed by atoms with Crippen molar-refractivity contribution in [3.63, 3.8) is 0 Å². The van der Waals surface area contributed by atoms with Crippen molar-refractivity contribution in [3.05, 3.63) is 90.4 Å². The molecule has 1 fully saturated rings. The molecule has 4 rings (SSSR count). The molecule has 0 saturated carbocycles. The largest absolute Gasteiger partial charge is 0.467 e. The third-order valence-corrected chi connectivity index (χ3v) is 7.50. The molecule has 2 heterocycles. The Hall–Kier alpha value is -3.62. The van der Waals surface area contributed by atoms with Gasteiger partial charge in [-0.05, 0) is 29.8 Å². The highest BCUT2D eigenvalue weighted by atomic mass is 35.5. The number of alkyl halides is 3. The third-order valence-electron chi connectivity index (χ3n) is 6.01. The number of thioether (sulfide) groups is 1. The number of aromatic nitrogens is 2. The Kier molecular flexibility index (Phi) is 8.66. The molecule has 3 aromatic rings. The molecule has 1 amide bonds. The number of hydrogen-bond acceptors (Lipinski definition) is 7. The van der Waals surface area contributed by atoms with Crippen LogP contribution in [0.3, 0.4) is 0 Å². The monoisotopic (exact) mass is 632 g/mol. The molecule has 1 aromatic heterocycles. The van der Waals surface area contributed by atoms with Crippen LogP contribution in [0.5, 0.6) is 0 Å². The number of hydrogen-bond donors (Lipinski definition) is 0. The molecule has 1 unspecified atom stereocenters. The molecule has 1 aliphatic rings. The number of amides is 1. The van der Waals surface area contributed by atoms with Gasteiger partial charge in [-0.3, -0.25) is 19.1 Å². The summed E-state index contributed by atoms with van der Waals surface area (Å²) in [6.07, 6.45) is -4.99. The lowest BCUT2D eigenvalue weighted by Crippen LogP contribution is -2.46. The Bertz CT molecular complexity index is 1690. The minimum absolute atomic E-state index is 0.0218. The number of benzene rings is 2. The number of esters is 1. The van der Waals surface area contributed by atoms with Crippen molar-refractivity contribution in [3.8, 4) is 5.69 Å². The second kappa shape index (κ2) is 11.7. The van der Waals surface area contributed by atoms with Crippen molar-refractivity contribution >= 4 is 57.7 Å². The van der Waals surface area contributed by atoms with Crippen molar-refractivity contribution in [2.45, 2.75) is 18.6 Å². The van der Waals surface area contributed by atoms with Crippen LogP contribution in [0, 0.1) is 5.82 Å². The van der Waals surface area contributed by atoms with Crippen molar-refractivity contribution in [2.75, 3.05) is 12.9 Å². The maximum atomic E-state index is 14.9. The third kappa shape index (κ3) is 6.19. The van der Waals surface area contributed by atoms with E-state index >= 15 is 0 Å². The van der Waals surface area contributed by atoms with Gasteiger partial charge in [0, 0.05) is 24.6 Å². The molecule has 1 atom stereocenters. The molecule has 9 nitrogen and oxygen atoms in total. The van der Waals surface area contributed by atoms with Crippen LogP contribution in [0.15, 0.2) is 57.0 Å². The molecular formula is C25H18Cl2F4N4O5S. The molecule has 0 aliphatic carbocycles. The first-order chi connectivity index (χ1) is 19.2. The summed E-state index contributed by atoms with van der Waals surface area (Å²) in [7, 11) is 1.93. The first-order valence-electron chi connectivity index (χ1n) is 11.5. The Morgan fingerprint density at radius 2 is 1.78 bits per heavy atom. The van der Waals surface area contributed by atoms with E-state index in [-0.39, 0.29) is 43.3 Å². The molecular weight excluding hydrogens is 615 g/mol. The number of methoxy groups -OCH3 is 1. The van der Waals surface area contributed by atoms with Crippen LogP contribution in [-0.2, 0) is 34.0 Å². The van der Waals surface area contributed by atoms with Gasteiger partial charge >= 0.3 is 17.8 Å². The van der Waals surface area contributed by atoms with Crippen molar-refractivity contribution in [2.24, 2.45) is 12.0 Å². The van der Waals surface area contributed by atoms with E-state index in [0.717, 1.165) is 43.0 Å². The van der Waals surface area contributed by atoms with Crippen LogP contribution in [0.25, 0.3) is 5.69 Å². The van der Waals surface area contributed by atoms with E-state index in [2.05, 4.69) is 4.99 Å². The molecule has 0 radical (unpaired) electrons. The number of rotatable bonds is 6. The van der Waals surface area contributed by atoms with Gasteiger partial charge in [-0.15, -0.1) is 0 Å². The Labute approximate surface area is 242 Å². The average molecular weight is 633 g/mol. The smallest absolute Gasteiger partial charge is 0.431 e. The zero-order valence-electron chi connectivity index (χ0n) is 21.0. The quantitative estimate of drug-likeness (QED) is 0.296. The Balaban J connectivity index is 1.82. The number of aliphatic imine (C=N–C) groups is 1. The number of ether oxygens (including phenoxy) is 1. The van der Waals surface area contributed by atoms with E-state index in [9.17, 15) is 36.7 Å². The number of carbonyl (C=O) groups excluding carboxylic acids is 2. The molecule has 0 N–H and O–H groups in total. The summed E-state index contributed by atoms with van der Waals surface area (Å²) in [5.74, 6) is -2.56. The van der Waals surface area contributed by atoms with E-state index in [1.54, 1.807) is 24.3 Å². The number of nitrogens with zero attached hydrogens (tertiary/aromatic N) is 4. The zero-order chi connectivity index (χ0) is 30.2. The Morgan fingerprint density at radius 3 is 2.39 bits per heavy atom. The molecule has 1 aliphatic heterocycles. The summed E-state index contributed by atoms with van der Waals surface area (Å²) in [4.78, 5) is 56.2. The standard InChI is InChI=1S/C25H18Cl2F4N4O5S/c1-33-19(25(29,30)31)10-20(36)35(24(33)39)17-9-16(14(27)8-15(17)28)32-23-34(21(37)11-41-23)18(22(38)40-2)7-12-3-5-13(26)6-4-12/h3-6,8-10,18H,7,11H2,1-2H3/b32-23-. The first kappa shape index (κ1) is 30.3. The lowest BCUT2D eigenvalue weighted by atomic mass is 10.0. The van der Waals surface area contributed by atoms with Gasteiger partial charge in [-0.25, -0.2) is 23.5 Å². The Morgan fingerprint density at radius 1 is 1.12 bits per heavy atom. The predicted octanol–water partition coefficient (Wildman–Crippen LogP) is 4.35. The summed E-state index contributed by atoms with van der Waals surface area (Å²) < 4.78 is 59.9. The molecule has 0 spiro atoms. The summed E-state index contributed by atoms with van der Waals surface area (Å²) in [6.45, 7) is 0. The van der Waals surface area contributed by atoms with Gasteiger partial charge in [-0.1, -0.05) is 47.1 Å². The molecule has 16 heteroatoms. The van der Waals surface area contributed by atoms with Crippen LogP contribution >= 0.6 is 35.0 Å². The van der Waals surface area contributed by atoms with Gasteiger partial charge in [-0.2, -0.15) is 13.2 Å². The fourth-order valence-electron chi connectivity index (χ4n) is 4.03. The minimum Gasteiger partial charge on any atom is -0.467 e. The number of amidine groups is 1. The maximum absolute atomic E-state index is 14.9. The van der Waals surface area contributed by atoms with Gasteiger partial charge in [0.15, 0.2) is 5.17 Å². The second-order valence-electron chi connectivity index (χ2n) is 8.61. The highest BCUT2D eigenvalue weighted by molar-refractivity contribution is 8.15. The van der Waals surface area contributed by atoms with Crippen molar-refractivity contribution in [1.29, 1.82) is 0 Å². The van der Waals surface area contributed by atoms with Crippen LogP contribution in [0.1, 0.15) is 11.3 Å². The fourth-order valence-corrected chi connectivity index (χ4v) is 5.27. The summed E-state index contributed by atoms with van der Waals surface area (Å²) in [5, 5.41) is 0.136. The van der Waals surface area contributed by atoms with Crippen LogP contribution in [0.4, 0.5) is 23.2 Å². The van der Waals surface area contributed by atoms with E-state index in [0.29, 0.717) is 10.6 Å². The zero-order valence-corrected chi connectivity index (χ0v) is 23.4. The van der Waals surface area contributed by atoms with Crippen LogP contribution < -0.4 is 11.2 Å². The van der Waals surface area contributed by atoms with Gasteiger partial charge in [0.2, 0.25) is 5.91 Å². The van der Waals surface area contributed by atoms with E-state index < -0.39 is 52.5 Å². The minimum atomic E-state index is -5.01. The number of carbonyl (C=O) groups is 2. The van der Waals surface area contributed by atoms with E-state index in [4.69, 9.17) is 27.9 Å². The van der Waals surface area contributed by atoms with E-state index in [1.165, 1.54) is 0 Å². The summed E-state index contributed by atoms with van der Waals surface area (Å²) in [5.41, 5.74) is -4.74. The average Bonchev–Trinajstić information content (AvgIpc) is 3.26. The molecule has 0 bridgehead atoms. The molecule has 2 aromatic carbocycles. The summed E-state index contributed by atoms with van der Waals surface area (Å²) >= 11 is 13.0. The predicted molar refractivity (Wildman–Crippen MR) is 145 cm³/mol. The normalized spacial score (nSPS) is 15.5. The van der Waals surface area contributed by atoms with Crippen molar-refractivity contribution in [1.82, 2.24) is 14.0 Å². The fraction of sp³-hybridized carbons (Fsp3) is 0.240. The lowest BCUT2D eigenvalue weighted by Gasteiger charge is -2.25. The van der Waals surface area contributed by atoms with Gasteiger partial charge in [0.1, 0.15) is 17.6 Å². The second-order valence-corrected chi connectivity index (χ2v) is 10.4. The maximum Gasteiger partial charge on any atom is 0.431 e. The SMILES string of the molecule is COC(=O)C(Cc1ccc(Cl)cc1)N1C(=O)CS/C1=N\c1cc(-n2c(=O)cc(C(F)(F)F)n(C)c2=O)c(F)cc1Cl. The highest BCUT2D eigenvalue weighted by Gasteiger charge is 2.39. The van der Waals surface area contributed by atoms with Gasteiger partial charge in [0.25, 0.3) is 5.56 Å². The topological polar surface area (TPSA) is 103 Å². The van der Waals surface area contributed by atoms with Crippen molar-refractivity contribution < 1.29 is 31.9 Å². The first-order valence-corrected chi connectivity index (χ1v) is 13.2. The van der Waals surface area contributed by atoms with Crippen LogP contribution in [0.2, 0.25) is 10.0 Å². The highest BCUT2D eigenvalue weighted by Crippen LogP contribution is 2.34. The van der Waals surface area contributed by atoms with Gasteiger partial charge in [0.05, 0.1) is 29.3 Å². The lowest BCUT2D eigenvalue weighted by molar-refractivity contribution is -0.148. The summed E-state index contributed by atoms with van der Waals surface area (Å²) in [6, 6.07) is 7.13. The number of halogens is 6. The molecule has 1 saturated heterocycles. The molecule has 41 heavy (non-hydrogen) atoms.